The molecule has 0 atom stereocenters. The van der Waals surface area contributed by atoms with E-state index in [1.54, 1.807) is 11.8 Å². The highest BCUT2D eigenvalue weighted by molar-refractivity contribution is 5.92. The van der Waals surface area contributed by atoms with E-state index in [-0.39, 0.29) is 17.4 Å². The molecule has 1 saturated heterocycles. The molecule has 1 aliphatic rings. The quantitative estimate of drug-likeness (QED) is 0.819. The van der Waals surface area contributed by atoms with E-state index in [0.29, 0.717) is 37.0 Å². The van der Waals surface area contributed by atoms with Crippen molar-refractivity contribution in [2.45, 2.75) is 52.0 Å². The van der Waals surface area contributed by atoms with Gasteiger partial charge in [0.25, 0.3) is 11.5 Å². The fraction of sp³-hybridized carbons (Fsp3) is 0.588. The maximum Gasteiger partial charge on any atom is 0.274 e. The summed E-state index contributed by atoms with van der Waals surface area (Å²) < 4.78 is 6.62. The standard InChI is InChI=1S/C17H23N5O3/c1-3-4-9-22-15(23)6-5-14(19-22)17(24)21-10-7-13(8-11-21)16-18-12(2)20-25-16/h5-6,13H,3-4,7-11H2,1-2H3. The number of aryl methyl sites for hydroxylation is 2. The van der Waals surface area contributed by atoms with Gasteiger partial charge in [-0.05, 0) is 32.3 Å². The lowest BCUT2D eigenvalue weighted by molar-refractivity contribution is 0.0695. The van der Waals surface area contributed by atoms with Gasteiger partial charge < -0.3 is 9.42 Å². The number of piperidine rings is 1. The minimum atomic E-state index is -0.171. The Morgan fingerprint density at radius 1 is 1.32 bits per heavy atom. The monoisotopic (exact) mass is 345 g/mol. The van der Waals surface area contributed by atoms with E-state index in [9.17, 15) is 9.59 Å². The molecule has 8 heteroatoms. The van der Waals surface area contributed by atoms with E-state index in [1.807, 2.05) is 0 Å². The molecule has 0 aliphatic carbocycles. The van der Waals surface area contributed by atoms with Gasteiger partial charge in [-0.3, -0.25) is 9.59 Å². The largest absolute Gasteiger partial charge is 0.339 e. The molecular weight excluding hydrogens is 322 g/mol. The number of carbonyl (C=O) groups is 1. The molecule has 0 radical (unpaired) electrons. The van der Waals surface area contributed by atoms with Crippen molar-refractivity contribution >= 4 is 5.91 Å². The highest BCUT2D eigenvalue weighted by atomic mass is 16.5. The summed E-state index contributed by atoms with van der Waals surface area (Å²) in [5.74, 6) is 1.34. The molecule has 3 rings (SSSR count). The highest BCUT2D eigenvalue weighted by Gasteiger charge is 2.28. The number of hydrogen-bond donors (Lipinski definition) is 0. The summed E-state index contributed by atoms with van der Waals surface area (Å²) in [5.41, 5.74) is 0.151. The van der Waals surface area contributed by atoms with E-state index in [1.165, 1.54) is 16.8 Å². The molecule has 0 saturated carbocycles. The normalized spacial score (nSPS) is 15.5. The van der Waals surface area contributed by atoms with Crippen molar-refractivity contribution in [2.75, 3.05) is 13.1 Å². The van der Waals surface area contributed by atoms with Crippen LogP contribution in [0.1, 0.15) is 60.7 Å². The van der Waals surface area contributed by atoms with Crippen molar-refractivity contribution < 1.29 is 9.32 Å². The van der Waals surface area contributed by atoms with Crippen molar-refractivity contribution in [1.82, 2.24) is 24.8 Å². The molecule has 0 bridgehead atoms. The van der Waals surface area contributed by atoms with Gasteiger partial charge >= 0.3 is 0 Å². The molecule has 25 heavy (non-hydrogen) atoms. The molecular formula is C17H23N5O3. The summed E-state index contributed by atoms with van der Waals surface area (Å²) in [7, 11) is 0. The number of likely N-dealkylation sites (tertiary alicyclic amines) is 1. The van der Waals surface area contributed by atoms with Crippen LogP contribution in [0.4, 0.5) is 0 Å². The Morgan fingerprint density at radius 3 is 2.72 bits per heavy atom. The first-order chi connectivity index (χ1) is 12.1. The van der Waals surface area contributed by atoms with Gasteiger partial charge in [0, 0.05) is 31.6 Å². The van der Waals surface area contributed by atoms with Crippen LogP contribution < -0.4 is 5.56 Å². The first kappa shape index (κ1) is 17.3. The van der Waals surface area contributed by atoms with Crippen molar-refractivity contribution in [1.29, 1.82) is 0 Å². The molecule has 2 aromatic rings. The predicted molar refractivity (Wildman–Crippen MR) is 90.3 cm³/mol. The number of nitrogens with zero attached hydrogens (tertiary/aromatic N) is 5. The van der Waals surface area contributed by atoms with Gasteiger partial charge in [-0.2, -0.15) is 10.1 Å². The van der Waals surface area contributed by atoms with E-state index >= 15 is 0 Å². The fourth-order valence-electron chi connectivity index (χ4n) is 3.00. The molecule has 134 valence electrons. The first-order valence-electron chi connectivity index (χ1n) is 8.76. The molecule has 0 unspecified atom stereocenters. The van der Waals surface area contributed by atoms with Crippen LogP contribution >= 0.6 is 0 Å². The average Bonchev–Trinajstić information content (AvgIpc) is 3.07. The van der Waals surface area contributed by atoms with Crippen LogP contribution in [-0.4, -0.2) is 43.8 Å². The molecule has 1 fully saturated rings. The summed E-state index contributed by atoms with van der Waals surface area (Å²) in [6.45, 7) is 5.61. The molecule has 8 nitrogen and oxygen atoms in total. The molecule has 2 aromatic heterocycles. The molecule has 3 heterocycles. The predicted octanol–water partition coefficient (Wildman–Crippen LogP) is 1.75. The number of hydrogen-bond acceptors (Lipinski definition) is 6. The topological polar surface area (TPSA) is 94.1 Å². The van der Waals surface area contributed by atoms with E-state index in [4.69, 9.17) is 4.52 Å². The van der Waals surface area contributed by atoms with Gasteiger partial charge in [-0.15, -0.1) is 0 Å². The lowest BCUT2D eigenvalue weighted by Crippen LogP contribution is -2.39. The Morgan fingerprint density at radius 2 is 2.08 bits per heavy atom. The maximum atomic E-state index is 12.7. The van der Waals surface area contributed by atoms with Crippen molar-refractivity contribution in [3.05, 3.63) is 39.9 Å². The zero-order valence-corrected chi connectivity index (χ0v) is 14.6. The Labute approximate surface area is 145 Å². The van der Waals surface area contributed by atoms with E-state index in [2.05, 4.69) is 22.2 Å². The maximum absolute atomic E-state index is 12.7. The van der Waals surface area contributed by atoms with Crippen molar-refractivity contribution in [3.63, 3.8) is 0 Å². The second-order valence-electron chi connectivity index (χ2n) is 6.38. The summed E-state index contributed by atoms with van der Waals surface area (Å²) in [6, 6.07) is 2.93. The molecule has 0 spiro atoms. The summed E-state index contributed by atoms with van der Waals surface area (Å²) in [6.07, 6.45) is 3.39. The smallest absolute Gasteiger partial charge is 0.274 e. The van der Waals surface area contributed by atoms with Gasteiger partial charge in [0.05, 0.1) is 0 Å². The lowest BCUT2D eigenvalue weighted by Gasteiger charge is -2.30. The van der Waals surface area contributed by atoms with Crippen LogP contribution in [0, 0.1) is 6.92 Å². The van der Waals surface area contributed by atoms with Gasteiger partial charge in [0.15, 0.2) is 5.82 Å². The molecule has 1 amide bonds. The van der Waals surface area contributed by atoms with Gasteiger partial charge in [0.1, 0.15) is 5.69 Å². The Bertz CT molecular complexity index is 790. The van der Waals surface area contributed by atoms with E-state index in [0.717, 1.165) is 25.7 Å². The number of unbranched alkanes of at least 4 members (excludes halogenated alkanes) is 1. The van der Waals surface area contributed by atoms with Crippen LogP contribution in [0.25, 0.3) is 0 Å². The zero-order chi connectivity index (χ0) is 17.8. The number of carbonyl (C=O) groups excluding carboxylic acids is 1. The fourth-order valence-corrected chi connectivity index (χ4v) is 3.00. The van der Waals surface area contributed by atoms with Crippen molar-refractivity contribution in [2.24, 2.45) is 0 Å². The van der Waals surface area contributed by atoms with E-state index < -0.39 is 0 Å². The molecule has 0 N–H and O–H groups in total. The third kappa shape index (κ3) is 3.94. The lowest BCUT2D eigenvalue weighted by atomic mass is 9.96. The summed E-state index contributed by atoms with van der Waals surface area (Å²) in [5, 5.41) is 8.06. The molecule has 0 aromatic carbocycles. The number of aromatic nitrogens is 4. The van der Waals surface area contributed by atoms with Crippen LogP contribution in [-0.2, 0) is 6.54 Å². The second kappa shape index (κ2) is 7.58. The minimum absolute atomic E-state index is 0.134. The second-order valence-corrected chi connectivity index (χ2v) is 6.38. The Hall–Kier alpha value is -2.51. The van der Waals surface area contributed by atoms with Crippen LogP contribution in [0.15, 0.2) is 21.5 Å². The first-order valence-corrected chi connectivity index (χ1v) is 8.76. The summed E-state index contributed by atoms with van der Waals surface area (Å²) >= 11 is 0. The van der Waals surface area contributed by atoms with Crippen LogP contribution in [0.2, 0.25) is 0 Å². The van der Waals surface area contributed by atoms with Gasteiger partial charge in [-0.1, -0.05) is 18.5 Å². The van der Waals surface area contributed by atoms with Crippen LogP contribution in [0.3, 0.4) is 0 Å². The number of rotatable bonds is 5. The zero-order valence-electron chi connectivity index (χ0n) is 14.6. The third-order valence-corrected chi connectivity index (χ3v) is 4.48. The highest BCUT2D eigenvalue weighted by Crippen LogP contribution is 2.27. The van der Waals surface area contributed by atoms with Gasteiger partial charge in [0.2, 0.25) is 5.89 Å². The van der Waals surface area contributed by atoms with Crippen LogP contribution in [0.5, 0.6) is 0 Å². The van der Waals surface area contributed by atoms with Gasteiger partial charge in [-0.25, -0.2) is 4.68 Å². The number of amides is 1. The molecule has 1 aliphatic heterocycles. The minimum Gasteiger partial charge on any atom is -0.339 e. The summed E-state index contributed by atoms with van der Waals surface area (Å²) in [4.78, 5) is 30.6. The Balaban J connectivity index is 1.65. The Kier molecular flexibility index (Phi) is 5.25. The average molecular weight is 345 g/mol. The van der Waals surface area contributed by atoms with Crippen molar-refractivity contribution in [3.8, 4) is 0 Å². The SMILES string of the molecule is CCCCn1nc(C(=O)N2CCC(c3nc(C)no3)CC2)ccc1=O. The third-order valence-electron chi connectivity index (χ3n) is 4.48.